The molecule has 0 unspecified atom stereocenters. The molecule has 0 radical (unpaired) electrons. The van der Waals surface area contributed by atoms with Gasteiger partial charge in [-0.15, -0.1) is 0 Å². The van der Waals surface area contributed by atoms with E-state index in [0.29, 0.717) is 5.75 Å². The second kappa shape index (κ2) is 5.32. The van der Waals surface area contributed by atoms with Gasteiger partial charge in [0.15, 0.2) is 0 Å². The van der Waals surface area contributed by atoms with Crippen LogP contribution in [0.3, 0.4) is 0 Å². The van der Waals surface area contributed by atoms with Crippen LogP contribution in [-0.4, -0.2) is 27.4 Å². The molecule has 88 valence electrons. The van der Waals surface area contributed by atoms with Gasteiger partial charge in [0.1, 0.15) is 5.69 Å². The number of pyridine rings is 1. The molecule has 1 aromatic heterocycles. The number of carboxylic acid groups (broad SMARTS) is 1. The number of carboxylic acids is 1. The summed E-state index contributed by atoms with van der Waals surface area (Å²) in [4.78, 5) is 14.7. The second-order valence-electron chi connectivity index (χ2n) is 4.30. The monoisotopic (exact) mass is 240 g/mol. The Bertz CT molecular complexity index is 374. The van der Waals surface area contributed by atoms with Crippen molar-refractivity contribution in [3.8, 4) is 0 Å². The Morgan fingerprint density at radius 1 is 1.56 bits per heavy atom. The van der Waals surface area contributed by atoms with E-state index in [2.05, 4.69) is 4.98 Å². The van der Waals surface area contributed by atoms with Gasteiger partial charge in [0.25, 0.3) is 0 Å². The van der Waals surface area contributed by atoms with E-state index in [1.165, 1.54) is 6.07 Å². The molecule has 0 saturated carbocycles. The van der Waals surface area contributed by atoms with Crippen LogP contribution in [0.1, 0.15) is 30.0 Å². The molecule has 0 bridgehead atoms. The van der Waals surface area contributed by atoms with Crippen molar-refractivity contribution >= 4 is 17.7 Å². The minimum atomic E-state index is -0.994. The highest BCUT2D eigenvalue weighted by molar-refractivity contribution is 7.98. The zero-order chi connectivity index (χ0) is 12.2. The van der Waals surface area contributed by atoms with Crippen LogP contribution in [0.25, 0.3) is 0 Å². The highest BCUT2D eigenvalue weighted by atomic mass is 32.2. The number of nitrogens with zero attached hydrogens (tertiary/aromatic N) is 1. The minimum absolute atomic E-state index is 0.0881. The summed E-state index contributed by atoms with van der Waals surface area (Å²) in [6.07, 6.45) is 0. The zero-order valence-electron chi connectivity index (χ0n) is 9.43. The summed E-state index contributed by atoms with van der Waals surface area (Å²) >= 11 is 1.65. The van der Waals surface area contributed by atoms with Crippen molar-refractivity contribution in [2.45, 2.75) is 25.1 Å². The standard InChI is InChI=1S/C11H16N2O2S/c1-11(2,12)7-16-6-8-4-3-5-9(13-8)10(14)15/h3-5H,6-7,12H2,1-2H3,(H,14,15). The van der Waals surface area contributed by atoms with Gasteiger partial charge in [-0.3, -0.25) is 0 Å². The average molecular weight is 240 g/mol. The minimum Gasteiger partial charge on any atom is -0.477 e. The predicted octanol–water partition coefficient (Wildman–Crippen LogP) is 1.75. The summed E-state index contributed by atoms with van der Waals surface area (Å²) in [7, 11) is 0. The molecule has 0 aliphatic carbocycles. The van der Waals surface area contributed by atoms with Crippen LogP contribution >= 0.6 is 11.8 Å². The van der Waals surface area contributed by atoms with Gasteiger partial charge >= 0.3 is 5.97 Å². The van der Waals surface area contributed by atoms with E-state index in [1.54, 1.807) is 17.8 Å². The molecule has 0 amide bonds. The number of rotatable bonds is 5. The SMILES string of the molecule is CC(C)(N)CSCc1cccc(C(=O)O)n1. The molecule has 16 heavy (non-hydrogen) atoms. The normalized spacial score (nSPS) is 11.4. The van der Waals surface area contributed by atoms with Crippen LogP contribution in [-0.2, 0) is 5.75 Å². The number of aromatic carboxylic acids is 1. The van der Waals surface area contributed by atoms with Gasteiger partial charge < -0.3 is 10.8 Å². The fraction of sp³-hybridized carbons (Fsp3) is 0.455. The maximum Gasteiger partial charge on any atom is 0.354 e. The maximum atomic E-state index is 10.7. The molecular weight excluding hydrogens is 224 g/mol. The number of nitrogens with two attached hydrogens (primary N) is 1. The van der Waals surface area contributed by atoms with Crippen LogP contribution < -0.4 is 5.73 Å². The Hall–Kier alpha value is -1.07. The molecule has 4 nitrogen and oxygen atoms in total. The third-order valence-electron chi connectivity index (χ3n) is 1.75. The Morgan fingerprint density at radius 2 is 2.25 bits per heavy atom. The lowest BCUT2D eigenvalue weighted by atomic mass is 10.1. The first-order chi connectivity index (χ1) is 7.38. The topological polar surface area (TPSA) is 76.2 Å². The average Bonchev–Trinajstić information content (AvgIpc) is 2.16. The smallest absolute Gasteiger partial charge is 0.354 e. The summed E-state index contributed by atoms with van der Waals surface area (Å²) in [6.45, 7) is 3.92. The van der Waals surface area contributed by atoms with Crippen molar-refractivity contribution in [3.05, 3.63) is 29.6 Å². The first kappa shape index (κ1) is 13.0. The Labute approximate surface area is 99.3 Å². The van der Waals surface area contributed by atoms with Gasteiger partial charge in [0.05, 0.1) is 5.69 Å². The Kier molecular flexibility index (Phi) is 4.32. The molecular formula is C11H16N2O2S. The van der Waals surface area contributed by atoms with Crippen molar-refractivity contribution < 1.29 is 9.90 Å². The molecule has 1 rings (SSSR count). The number of carbonyl (C=O) groups is 1. The van der Waals surface area contributed by atoms with Crippen LogP contribution in [0.4, 0.5) is 0 Å². The summed E-state index contributed by atoms with van der Waals surface area (Å²) in [5, 5.41) is 8.77. The molecule has 5 heteroatoms. The van der Waals surface area contributed by atoms with Crippen molar-refractivity contribution in [2.24, 2.45) is 5.73 Å². The van der Waals surface area contributed by atoms with E-state index in [0.717, 1.165) is 11.4 Å². The third kappa shape index (κ3) is 4.63. The number of hydrogen-bond donors (Lipinski definition) is 2. The molecule has 1 aromatic rings. The first-order valence-corrected chi connectivity index (χ1v) is 6.10. The van der Waals surface area contributed by atoms with Gasteiger partial charge in [-0.25, -0.2) is 9.78 Å². The van der Waals surface area contributed by atoms with Crippen molar-refractivity contribution in [1.82, 2.24) is 4.98 Å². The Morgan fingerprint density at radius 3 is 2.81 bits per heavy atom. The fourth-order valence-corrected chi connectivity index (χ4v) is 2.10. The number of aromatic nitrogens is 1. The van der Waals surface area contributed by atoms with Gasteiger partial charge in [0, 0.05) is 17.0 Å². The molecule has 0 spiro atoms. The molecule has 0 aliphatic heterocycles. The highest BCUT2D eigenvalue weighted by Crippen LogP contribution is 2.15. The molecule has 0 aromatic carbocycles. The van der Waals surface area contributed by atoms with Crippen molar-refractivity contribution in [3.63, 3.8) is 0 Å². The molecule has 0 fully saturated rings. The lowest BCUT2D eigenvalue weighted by molar-refractivity contribution is 0.0690. The summed E-state index contributed by atoms with van der Waals surface area (Å²) in [5.41, 5.74) is 6.49. The molecule has 3 N–H and O–H groups in total. The largest absolute Gasteiger partial charge is 0.477 e. The molecule has 0 saturated heterocycles. The molecule has 1 heterocycles. The van der Waals surface area contributed by atoms with Crippen LogP contribution in [0, 0.1) is 0 Å². The van der Waals surface area contributed by atoms with E-state index in [9.17, 15) is 4.79 Å². The second-order valence-corrected chi connectivity index (χ2v) is 5.29. The van der Waals surface area contributed by atoms with Crippen molar-refractivity contribution in [1.29, 1.82) is 0 Å². The van der Waals surface area contributed by atoms with E-state index < -0.39 is 5.97 Å². The van der Waals surface area contributed by atoms with E-state index in [-0.39, 0.29) is 11.2 Å². The van der Waals surface area contributed by atoms with Crippen LogP contribution in [0.2, 0.25) is 0 Å². The summed E-state index contributed by atoms with van der Waals surface area (Å²) in [5.74, 6) is 0.499. The summed E-state index contributed by atoms with van der Waals surface area (Å²) < 4.78 is 0. The highest BCUT2D eigenvalue weighted by Gasteiger charge is 2.11. The fourth-order valence-electron chi connectivity index (χ4n) is 1.10. The van der Waals surface area contributed by atoms with Gasteiger partial charge in [-0.2, -0.15) is 11.8 Å². The first-order valence-electron chi connectivity index (χ1n) is 4.94. The van der Waals surface area contributed by atoms with Crippen LogP contribution in [0.5, 0.6) is 0 Å². The zero-order valence-corrected chi connectivity index (χ0v) is 10.3. The van der Waals surface area contributed by atoms with Gasteiger partial charge in [0.2, 0.25) is 0 Å². The van der Waals surface area contributed by atoms with E-state index in [4.69, 9.17) is 10.8 Å². The van der Waals surface area contributed by atoms with Gasteiger partial charge in [-0.05, 0) is 26.0 Å². The third-order valence-corrected chi connectivity index (χ3v) is 3.20. The Balaban J connectivity index is 2.55. The summed E-state index contributed by atoms with van der Waals surface area (Å²) in [6, 6.07) is 5.02. The molecule has 0 aliphatic rings. The lowest BCUT2D eigenvalue weighted by Crippen LogP contribution is -2.34. The maximum absolute atomic E-state index is 10.7. The molecule has 0 atom stereocenters. The number of hydrogen-bond acceptors (Lipinski definition) is 4. The van der Waals surface area contributed by atoms with Gasteiger partial charge in [-0.1, -0.05) is 6.07 Å². The van der Waals surface area contributed by atoms with Crippen LogP contribution in [0.15, 0.2) is 18.2 Å². The lowest BCUT2D eigenvalue weighted by Gasteiger charge is -2.17. The predicted molar refractivity (Wildman–Crippen MR) is 65.6 cm³/mol. The van der Waals surface area contributed by atoms with E-state index in [1.807, 2.05) is 19.9 Å². The van der Waals surface area contributed by atoms with Crippen molar-refractivity contribution in [2.75, 3.05) is 5.75 Å². The van der Waals surface area contributed by atoms with E-state index >= 15 is 0 Å². The quantitative estimate of drug-likeness (QED) is 0.820. The number of thioether (sulfide) groups is 1.